The topological polar surface area (TPSA) is 83.1 Å². The van der Waals surface area contributed by atoms with Crippen LogP contribution in [-0.4, -0.2) is 85.9 Å². The van der Waals surface area contributed by atoms with Crippen molar-refractivity contribution in [2.45, 2.75) is 39.8 Å². The van der Waals surface area contributed by atoms with E-state index in [4.69, 9.17) is 19.4 Å². The number of hydrogen-bond acceptors (Lipinski definition) is 9. The van der Waals surface area contributed by atoms with Gasteiger partial charge in [-0.3, -0.25) is 14.7 Å². The van der Waals surface area contributed by atoms with E-state index in [1.165, 1.54) is 0 Å². The van der Waals surface area contributed by atoms with Crippen molar-refractivity contribution in [2.75, 3.05) is 68.9 Å². The van der Waals surface area contributed by atoms with Crippen molar-refractivity contribution in [1.29, 1.82) is 0 Å². The van der Waals surface area contributed by atoms with Gasteiger partial charge >= 0.3 is 0 Å². The SMILES string of the molecule is Cc1cc2cccnc2c(N2CCCN(Cc3csc(N4CCOCC4)n3)CC2)c1OCC(=O)NC(C)C. The number of carbonyl (C=O) groups is 1. The van der Waals surface area contributed by atoms with E-state index in [0.29, 0.717) is 0 Å². The van der Waals surface area contributed by atoms with Gasteiger partial charge in [0.2, 0.25) is 0 Å². The smallest absolute Gasteiger partial charge is 0.258 e. The molecule has 2 aliphatic rings. The molecule has 204 valence electrons. The van der Waals surface area contributed by atoms with Crippen LogP contribution in [-0.2, 0) is 16.1 Å². The minimum atomic E-state index is -0.117. The molecule has 2 saturated heterocycles. The number of ether oxygens (including phenoxy) is 2. The highest BCUT2D eigenvalue weighted by molar-refractivity contribution is 7.13. The first-order valence-corrected chi connectivity index (χ1v) is 14.4. The second-order valence-electron chi connectivity index (χ2n) is 10.3. The van der Waals surface area contributed by atoms with E-state index in [9.17, 15) is 4.79 Å². The summed E-state index contributed by atoms with van der Waals surface area (Å²) < 4.78 is 11.7. The number of nitrogens with zero attached hydrogens (tertiary/aromatic N) is 5. The summed E-state index contributed by atoms with van der Waals surface area (Å²) in [5.41, 5.74) is 4.05. The van der Waals surface area contributed by atoms with Crippen molar-refractivity contribution in [2.24, 2.45) is 0 Å². The summed E-state index contributed by atoms with van der Waals surface area (Å²) in [4.78, 5) is 29.2. The predicted molar refractivity (Wildman–Crippen MR) is 153 cm³/mol. The van der Waals surface area contributed by atoms with Gasteiger partial charge in [0.15, 0.2) is 11.7 Å². The van der Waals surface area contributed by atoms with Crippen molar-refractivity contribution in [3.63, 3.8) is 0 Å². The first-order chi connectivity index (χ1) is 18.5. The molecule has 2 aliphatic heterocycles. The predicted octanol–water partition coefficient (Wildman–Crippen LogP) is 3.45. The van der Waals surface area contributed by atoms with E-state index in [1.807, 2.05) is 33.0 Å². The van der Waals surface area contributed by atoms with Crippen LogP contribution in [0, 0.1) is 6.92 Å². The fourth-order valence-electron chi connectivity index (χ4n) is 5.15. The summed E-state index contributed by atoms with van der Waals surface area (Å²) in [7, 11) is 0. The number of pyridine rings is 1. The van der Waals surface area contributed by atoms with E-state index in [1.54, 1.807) is 11.3 Å². The van der Waals surface area contributed by atoms with Crippen molar-refractivity contribution >= 4 is 39.0 Å². The molecule has 3 aromatic rings. The van der Waals surface area contributed by atoms with Crippen LogP contribution in [0.15, 0.2) is 29.8 Å². The summed E-state index contributed by atoms with van der Waals surface area (Å²) in [6, 6.07) is 6.22. The van der Waals surface area contributed by atoms with E-state index in [-0.39, 0.29) is 18.6 Å². The first-order valence-electron chi connectivity index (χ1n) is 13.5. The largest absolute Gasteiger partial charge is 0.481 e. The zero-order valence-corrected chi connectivity index (χ0v) is 23.4. The molecule has 9 nitrogen and oxygen atoms in total. The quantitative estimate of drug-likeness (QED) is 0.467. The number of fused-ring (bicyclic) bond motifs is 1. The highest BCUT2D eigenvalue weighted by Crippen LogP contribution is 2.39. The van der Waals surface area contributed by atoms with E-state index in [2.05, 4.69) is 37.5 Å². The number of thiazole rings is 1. The molecule has 0 unspecified atom stereocenters. The summed E-state index contributed by atoms with van der Waals surface area (Å²) in [6.45, 7) is 13.8. The summed E-state index contributed by atoms with van der Waals surface area (Å²) in [5.74, 6) is 0.631. The maximum absolute atomic E-state index is 12.4. The number of morpholine rings is 1. The fraction of sp³-hybridized carbons (Fsp3) is 0.536. The van der Waals surface area contributed by atoms with E-state index in [0.717, 1.165) is 104 Å². The van der Waals surface area contributed by atoms with Gasteiger partial charge in [-0.1, -0.05) is 6.07 Å². The monoisotopic (exact) mass is 538 g/mol. The Balaban J connectivity index is 1.31. The Labute approximate surface area is 228 Å². The van der Waals surface area contributed by atoms with Gasteiger partial charge in [-0.25, -0.2) is 4.98 Å². The molecule has 1 amide bonds. The average Bonchev–Trinajstić information content (AvgIpc) is 3.25. The lowest BCUT2D eigenvalue weighted by molar-refractivity contribution is -0.123. The zero-order chi connectivity index (χ0) is 26.5. The van der Waals surface area contributed by atoms with Crippen LogP contribution in [0.25, 0.3) is 10.9 Å². The molecule has 38 heavy (non-hydrogen) atoms. The maximum Gasteiger partial charge on any atom is 0.258 e. The zero-order valence-electron chi connectivity index (χ0n) is 22.6. The molecule has 4 heterocycles. The fourth-order valence-corrected chi connectivity index (χ4v) is 6.02. The molecule has 2 fully saturated rings. The summed E-state index contributed by atoms with van der Waals surface area (Å²) in [5, 5.41) is 7.29. The standard InChI is InChI=1S/C28H38N6O3S/c1-20(2)30-24(35)18-37-27-21(3)16-22-6-4-7-29-25(22)26(27)33-9-5-8-32(10-11-33)17-23-19-38-28(31-23)34-12-14-36-15-13-34/h4,6-7,16,19-20H,5,8-15,17-18H2,1-3H3,(H,30,35). The van der Waals surface area contributed by atoms with Crippen LogP contribution in [0.4, 0.5) is 10.8 Å². The number of nitrogens with one attached hydrogen (secondary N) is 1. The lowest BCUT2D eigenvalue weighted by atomic mass is 10.1. The molecule has 0 aliphatic carbocycles. The van der Waals surface area contributed by atoms with Crippen molar-refractivity contribution < 1.29 is 14.3 Å². The Morgan fingerprint density at radius 2 is 2.00 bits per heavy atom. The molecule has 2 aromatic heterocycles. The molecule has 10 heteroatoms. The lowest BCUT2D eigenvalue weighted by Crippen LogP contribution is -2.36. The van der Waals surface area contributed by atoms with E-state index >= 15 is 0 Å². The molecule has 0 spiro atoms. The Kier molecular flexibility index (Phi) is 8.61. The minimum Gasteiger partial charge on any atom is -0.481 e. The Bertz CT molecular complexity index is 1240. The number of rotatable bonds is 8. The Morgan fingerprint density at radius 1 is 1.16 bits per heavy atom. The molecule has 0 atom stereocenters. The number of hydrogen-bond donors (Lipinski definition) is 1. The van der Waals surface area contributed by atoms with Crippen LogP contribution < -0.4 is 19.9 Å². The molecule has 1 aromatic carbocycles. The molecule has 0 bridgehead atoms. The van der Waals surface area contributed by atoms with Gasteiger partial charge in [-0.15, -0.1) is 11.3 Å². The molecular weight excluding hydrogens is 500 g/mol. The Hall–Kier alpha value is -2.95. The number of amides is 1. The minimum absolute atomic E-state index is 0.0143. The van der Waals surface area contributed by atoms with Crippen LogP contribution in [0.1, 0.15) is 31.5 Å². The number of anilines is 2. The summed E-state index contributed by atoms with van der Waals surface area (Å²) >= 11 is 1.73. The van der Waals surface area contributed by atoms with Gasteiger partial charge in [0, 0.05) is 68.8 Å². The summed E-state index contributed by atoms with van der Waals surface area (Å²) in [6.07, 6.45) is 2.85. The second-order valence-corrected chi connectivity index (χ2v) is 11.1. The highest BCUT2D eigenvalue weighted by Gasteiger charge is 2.24. The number of aryl methyl sites for hydroxylation is 1. The van der Waals surface area contributed by atoms with Gasteiger partial charge in [0.25, 0.3) is 5.91 Å². The van der Waals surface area contributed by atoms with Crippen molar-refractivity contribution in [1.82, 2.24) is 20.2 Å². The van der Waals surface area contributed by atoms with Gasteiger partial charge in [-0.2, -0.15) is 0 Å². The third-order valence-electron chi connectivity index (χ3n) is 6.92. The Morgan fingerprint density at radius 3 is 2.82 bits per heavy atom. The first kappa shape index (κ1) is 26.6. The van der Waals surface area contributed by atoms with Crippen molar-refractivity contribution in [3.8, 4) is 5.75 Å². The van der Waals surface area contributed by atoms with Crippen LogP contribution >= 0.6 is 11.3 Å². The average molecular weight is 539 g/mol. The van der Waals surface area contributed by atoms with Crippen LogP contribution in [0.3, 0.4) is 0 Å². The molecular formula is C28H38N6O3S. The second kappa shape index (κ2) is 12.3. The molecule has 0 radical (unpaired) electrons. The van der Waals surface area contributed by atoms with E-state index < -0.39 is 0 Å². The highest BCUT2D eigenvalue weighted by atomic mass is 32.1. The normalized spacial score (nSPS) is 17.2. The number of aromatic nitrogens is 2. The van der Waals surface area contributed by atoms with Gasteiger partial charge in [0.05, 0.1) is 24.4 Å². The van der Waals surface area contributed by atoms with Gasteiger partial charge < -0.3 is 24.6 Å². The maximum atomic E-state index is 12.4. The third-order valence-corrected chi connectivity index (χ3v) is 7.87. The van der Waals surface area contributed by atoms with Gasteiger partial charge in [0.1, 0.15) is 11.4 Å². The molecule has 5 rings (SSSR count). The lowest BCUT2D eigenvalue weighted by Gasteiger charge is -2.28. The third kappa shape index (κ3) is 6.36. The van der Waals surface area contributed by atoms with Crippen molar-refractivity contribution in [3.05, 3.63) is 41.0 Å². The van der Waals surface area contributed by atoms with Crippen LogP contribution in [0.2, 0.25) is 0 Å². The van der Waals surface area contributed by atoms with Crippen LogP contribution in [0.5, 0.6) is 5.75 Å². The molecule has 0 saturated carbocycles. The molecule has 1 N–H and O–H groups in total. The number of carbonyl (C=O) groups excluding carboxylic acids is 1. The number of benzene rings is 1. The van der Waals surface area contributed by atoms with Gasteiger partial charge in [-0.05, 0) is 44.9 Å².